The largest absolute Gasteiger partial charge is 0.460 e. The average molecular weight is 705 g/mol. The minimum Gasteiger partial charge on any atom is -0.460 e. The van der Waals surface area contributed by atoms with Crippen molar-refractivity contribution in [2.75, 3.05) is 52.6 Å². The van der Waals surface area contributed by atoms with E-state index in [0.29, 0.717) is 39.3 Å². The Bertz CT molecular complexity index is 759. The second kappa shape index (κ2) is 35.7. The van der Waals surface area contributed by atoms with Crippen LogP contribution in [0.4, 0.5) is 0 Å². The lowest BCUT2D eigenvalue weighted by atomic mass is 10.1. The minimum absolute atomic E-state index is 0.0829. The molecule has 1 heterocycles. The van der Waals surface area contributed by atoms with Crippen LogP contribution in [0.25, 0.3) is 0 Å². The summed E-state index contributed by atoms with van der Waals surface area (Å²) in [6, 6.07) is 0. The summed E-state index contributed by atoms with van der Waals surface area (Å²) in [4.78, 5) is 24.7. The second-order valence-corrected chi connectivity index (χ2v) is 15.0. The first-order chi connectivity index (χ1) is 24.6. The van der Waals surface area contributed by atoms with E-state index in [1.807, 2.05) is 0 Å². The Labute approximate surface area is 310 Å². The van der Waals surface area contributed by atoms with Crippen molar-refractivity contribution in [3.05, 3.63) is 24.3 Å². The van der Waals surface area contributed by atoms with Crippen molar-refractivity contribution < 1.29 is 28.3 Å². The number of rotatable bonds is 36. The lowest BCUT2D eigenvalue weighted by Gasteiger charge is -2.40. The van der Waals surface area contributed by atoms with Crippen molar-refractivity contribution in [2.45, 2.75) is 194 Å². The van der Waals surface area contributed by atoms with Crippen molar-refractivity contribution in [1.29, 1.82) is 0 Å². The zero-order chi connectivity index (χ0) is 36.1. The van der Waals surface area contributed by atoms with Crippen LogP contribution in [0.3, 0.4) is 0 Å². The fourth-order valence-corrected chi connectivity index (χ4v) is 6.82. The normalized spacial score (nSPS) is 14.5. The summed E-state index contributed by atoms with van der Waals surface area (Å²) in [5, 5.41) is 0. The van der Waals surface area contributed by atoms with Gasteiger partial charge in [-0.1, -0.05) is 141 Å². The van der Waals surface area contributed by atoms with E-state index in [4.69, 9.17) is 14.2 Å². The van der Waals surface area contributed by atoms with Gasteiger partial charge in [0, 0.05) is 12.8 Å². The molecule has 0 amide bonds. The highest BCUT2D eigenvalue weighted by Gasteiger charge is 2.31. The van der Waals surface area contributed by atoms with Gasteiger partial charge in [-0.2, -0.15) is 0 Å². The summed E-state index contributed by atoms with van der Waals surface area (Å²) in [5.41, 5.74) is 0. The Hall–Kier alpha value is -1.66. The maximum atomic E-state index is 12.4. The number of quaternary nitrogens is 1. The summed E-state index contributed by atoms with van der Waals surface area (Å²) in [5.74, 6) is -0.166. The molecule has 6 nitrogen and oxygen atoms in total. The Kier molecular flexibility index (Phi) is 33.1. The molecule has 0 N–H and O–H groups in total. The van der Waals surface area contributed by atoms with Gasteiger partial charge in [0.2, 0.25) is 0 Å². The Morgan fingerprint density at radius 1 is 0.480 bits per heavy atom. The van der Waals surface area contributed by atoms with Crippen molar-refractivity contribution in [2.24, 2.45) is 0 Å². The number of carbonyl (C=O) groups excluding carboxylic acids is 2. The molecule has 0 atom stereocenters. The van der Waals surface area contributed by atoms with Crippen LogP contribution < -0.4 is 0 Å². The molecule has 0 bridgehead atoms. The van der Waals surface area contributed by atoms with E-state index < -0.39 is 0 Å². The lowest BCUT2D eigenvalue weighted by Crippen LogP contribution is -2.58. The summed E-state index contributed by atoms with van der Waals surface area (Å²) in [7, 11) is 0. The standard InChI is InChI=1S/C44H82NO5/c1-3-5-7-9-11-13-15-17-19-21-23-25-27-29-31-33-43(46)49-41-37-45(35-39-48-40-36-45)38-42-50-44(47)34-32-30-28-26-24-22-20-18-16-14-12-10-8-6-4-2/h17-20H,3-16,21-42H2,1-2H3/q+1/b19-17+,20-18+. The average Bonchev–Trinajstić information content (AvgIpc) is 3.12. The summed E-state index contributed by atoms with van der Waals surface area (Å²) < 4.78 is 17.7. The highest BCUT2D eigenvalue weighted by molar-refractivity contribution is 5.69. The van der Waals surface area contributed by atoms with E-state index in [9.17, 15) is 9.59 Å². The number of nitrogens with zero attached hydrogens (tertiary/aromatic N) is 1. The molecule has 50 heavy (non-hydrogen) atoms. The van der Waals surface area contributed by atoms with Crippen molar-refractivity contribution >= 4 is 11.9 Å². The first kappa shape index (κ1) is 46.4. The van der Waals surface area contributed by atoms with Crippen LogP contribution in [-0.2, 0) is 23.8 Å². The van der Waals surface area contributed by atoms with E-state index in [1.54, 1.807) is 0 Å². The number of allylic oxidation sites excluding steroid dienone is 4. The summed E-state index contributed by atoms with van der Waals surface area (Å²) >= 11 is 0. The predicted molar refractivity (Wildman–Crippen MR) is 211 cm³/mol. The molecule has 0 aliphatic carbocycles. The molecule has 1 fully saturated rings. The van der Waals surface area contributed by atoms with E-state index in [1.165, 1.54) is 141 Å². The van der Waals surface area contributed by atoms with Crippen molar-refractivity contribution in [1.82, 2.24) is 0 Å². The fourth-order valence-electron chi connectivity index (χ4n) is 6.82. The highest BCUT2D eigenvalue weighted by atomic mass is 16.5. The van der Waals surface area contributed by atoms with Crippen LogP contribution in [-0.4, -0.2) is 69.0 Å². The van der Waals surface area contributed by atoms with Crippen LogP contribution in [0.2, 0.25) is 0 Å². The Balaban J connectivity index is 2.02. The van der Waals surface area contributed by atoms with Gasteiger partial charge >= 0.3 is 11.9 Å². The predicted octanol–water partition coefficient (Wildman–Crippen LogP) is 12.0. The molecular formula is C44H82NO5+. The highest BCUT2D eigenvalue weighted by Crippen LogP contribution is 2.14. The van der Waals surface area contributed by atoms with E-state index in [-0.39, 0.29) is 11.9 Å². The summed E-state index contributed by atoms with van der Waals surface area (Å²) in [6.45, 7) is 10.0. The third-order valence-electron chi connectivity index (χ3n) is 10.4. The first-order valence-corrected chi connectivity index (χ1v) is 21.7. The minimum atomic E-state index is -0.0829. The molecule has 1 rings (SSSR count). The van der Waals surface area contributed by atoms with Crippen molar-refractivity contribution in [3.8, 4) is 0 Å². The molecular weight excluding hydrogens is 622 g/mol. The van der Waals surface area contributed by atoms with Crippen LogP contribution >= 0.6 is 0 Å². The molecule has 1 saturated heterocycles. The molecule has 0 aromatic heterocycles. The quantitative estimate of drug-likeness (QED) is 0.0281. The van der Waals surface area contributed by atoms with Crippen molar-refractivity contribution in [3.63, 3.8) is 0 Å². The molecule has 0 spiro atoms. The van der Waals surface area contributed by atoms with Gasteiger partial charge in [0.1, 0.15) is 39.4 Å². The number of hydrogen-bond donors (Lipinski definition) is 0. The van der Waals surface area contributed by atoms with Gasteiger partial charge < -0.3 is 18.7 Å². The maximum absolute atomic E-state index is 12.4. The third kappa shape index (κ3) is 30.0. The second-order valence-electron chi connectivity index (χ2n) is 15.0. The van der Waals surface area contributed by atoms with Crippen LogP contribution in [0, 0.1) is 0 Å². The van der Waals surface area contributed by atoms with E-state index >= 15 is 0 Å². The number of unbranched alkanes of at least 4 members (excludes halogenated alkanes) is 22. The molecule has 0 saturated carbocycles. The monoisotopic (exact) mass is 705 g/mol. The molecule has 1 aliphatic rings. The maximum Gasteiger partial charge on any atom is 0.305 e. The van der Waals surface area contributed by atoms with E-state index in [2.05, 4.69) is 38.2 Å². The zero-order valence-corrected chi connectivity index (χ0v) is 33.3. The van der Waals surface area contributed by atoms with Gasteiger partial charge in [-0.15, -0.1) is 0 Å². The molecule has 292 valence electrons. The van der Waals surface area contributed by atoms with Crippen LogP contribution in [0.15, 0.2) is 24.3 Å². The molecule has 6 heteroatoms. The number of carbonyl (C=O) groups is 2. The van der Waals surface area contributed by atoms with E-state index in [0.717, 1.165) is 56.3 Å². The van der Waals surface area contributed by atoms with Gasteiger partial charge in [0.15, 0.2) is 0 Å². The zero-order valence-electron chi connectivity index (χ0n) is 33.3. The molecule has 0 radical (unpaired) electrons. The number of hydrogen-bond acceptors (Lipinski definition) is 5. The molecule has 1 aliphatic heterocycles. The Morgan fingerprint density at radius 3 is 1.16 bits per heavy atom. The fraction of sp³-hybridized carbons (Fsp3) is 0.864. The third-order valence-corrected chi connectivity index (χ3v) is 10.4. The SMILES string of the molecule is CCCCCCCC/C=C/CCCCCCCC(=O)OCC[N+]1(CCOC(=O)CCCCCCC/C=C/CCCCCCCC)CCOCC1. The first-order valence-electron chi connectivity index (χ1n) is 21.7. The van der Waals surface area contributed by atoms with Crippen LogP contribution in [0.1, 0.15) is 194 Å². The topological polar surface area (TPSA) is 61.8 Å². The molecule has 0 aromatic rings. The smallest absolute Gasteiger partial charge is 0.305 e. The number of morpholine rings is 1. The number of ether oxygens (including phenoxy) is 3. The van der Waals surface area contributed by atoms with Gasteiger partial charge in [0.05, 0.1) is 13.2 Å². The van der Waals surface area contributed by atoms with Crippen LogP contribution in [0.5, 0.6) is 0 Å². The van der Waals surface area contributed by atoms with Gasteiger partial charge in [-0.3, -0.25) is 9.59 Å². The van der Waals surface area contributed by atoms with Gasteiger partial charge in [-0.05, 0) is 64.2 Å². The molecule has 0 aromatic carbocycles. The Morgan fingerprint density at radius 2 is 0.800 bits per heavy atom. The molecule has 0 unspecified atom stereocenters. The lowest BCUT2D eigenvalue weighted by molar-refractivity contribution is -0.935. The van der Waals surface area contributed by atoms with Gasteiger partial charge in [0.25, 0.3) is 0 Å². The summed E-state index contributed by atoms with van der Waals surface area (Å²) in [6.07, 6.45) is 43.0. The number of esters is 2. The van der Waals surface area contributed by atoms with Gasteiger partial charge in [-0.25, -0.2) is 0 Å².